The Kier molecular flexibility index (Phi) is 5.82. The first-order valence-corrected chi connectivity index (χ1v) is 9.34. The number of carbonyl (C=O) groups is 1. The van der Waals surface area contributed by atoms with Gasteiger partial charge in [0.2, 0.25) is 0 Å². The van der Waals surface area contributed by atoms with Crippen LogP contribution in [0.25, 0.3) is 10.6 Å². The lowest BCUT2D eigenvalue weighted by atomic mass is 10.2. The second-order valence-electron chi connectivity index (χ2n) is 5.37. The van der Waals surface area contributed by atoms with E-state index in [0.717, 1.165) is 15.0 Å². The summed E-state index contributed by atoms with van der Waals surface area (Å²) in [5, 5.41) is 13.4. The number of halogens is 1. The van der Waals surface area contributed by atoms with Crippen LogP contribution >= 0.6 is 27.3 Å². The smallest absolute Gasteiger partial charge is 0.270 e. The number of thiazole rings is 1. The summed E-state index contributed by atoms with van der Waals surface area (Å²) in [6, 6.07) is 9.54. The highest BCUT2D eigenvalue weighted by Crippen LogP contribution is 2.34. The van der Waals surface area contributed by atoms with Gasteiger partial charge in [0.15, 0.2) is 6.29 Å². The van der Waals surface area contributed by atoms with Crippen LogP contribution in [0, 0.1) is 10.1 Å². The number of nitrogens with zero attached hydrogens (tertiary/aromatic N) is 2. The van der Waals surface area contributed by atoms with E-state index >= 15 is 0 Å². The fraction of sp³-hybridized carbons (Fsp3) is 0.111. The molecule has 0 aliphatic carbocycles. The highest BCUT2D eigenvalue weighted by Gasteiger charge is 2.14. The summed E-state index contributed by atoms with van der Waals surface area (Å²) in [5.74, 6) is 0.976. The number of hydrogen-bond donors (Lipinski definition) is 0. The maximum absolute atomic E-state index is 11.2. The molecular weight excluding hydrogens is 436 g/mol. The van der Waals surface area contributed by atoms with Crippen molar-refractivity contribution in [2.24, 2.45) is 0 Å². The van der Waals surface area contributed by atoms with Crippen molar-refractivity contribution in [3.8, 4) is 22.1 Å². The van der Waals surface area contributed by atoms with Gasteiger partial charge in [-0.2, -0.15) is 0 Å². The first kappa shape index (κ1) is 19.0. The number of ether oxygens (including phenoxy) is 2. The Labute approximate surface area is 166 Å². The third-order valence-electron chi connectivity index (χ3n) is 3.65. The van der Waals surface area contributed by atoms with Gasteiger partial charge in [0.05, 0.1) is 28.9 Å². The van der Waals surface area contributed by atoms with Crippen molar-refractivity contribution in [1.29, 1.82) is 0 Å². The number of benzene rings is 2. The molecule has 2 aromatic carbocycles. The molecule has 1 aromatic heterocycles. The second kappa shape index (κ2) is 8.28. The lowest BCUT2D eigenvalue weighted by molar-refractivity contribution is -0.384. The number of rotatable bonds is 7. The molecule has 3 aromatic rings. The molecule has 0 N–H and O–H groups in total. The van der Waals surface area contributed by atoms with Gasteiger partial charge < -0.3 is 9.47 Å². The maximum atomic E-state index is 11.2. The highest BCUT2D eigenvalue weighted by atomic mass is 79.9. The minimum absolute atomic E-state index is 0.119. The summed E-state index contributed by atoms with van der Waals surface area (Å²) >= 11 is 4.88. The van der Waals surface area contributed by atoms with Gasteiger partial charge in [0, 0.05) is 22.0 Å². The summed E-state index contributed by atoms with van der Waals surface area (Å²) in [6.45, 7) is 0.130. The van der Waals surface area contributed by atoms with E-state index in [1.54, 1.807) is 7.11 Å². The van der Waals surface area contributed by atoms with Crippen molar-refractivity contribution in [1.82, 2.24) is 4.98 Å². The molecule has 0 saturated carbocycles. The molecule has 0 unspecified atom stereocenters. The largest absolute Gasteiger partial charge is 0.496 e. The molecule has 0 fully saturated rings. The van der Waals surface area contributed by atoms with Crippen molar-refractivity contribution < 1.29 is 19.2 Å². The van der Waals surface area contributed by atoms with E-state index in [1.807, 2.05) is 23.6 Å². The van der Waals surface area contributed by atoms with E-state index in [4.69, 9.17) is 9.47 Å². The zero-order valence-corrected chi connectivity index (χ0v) is 16.5. The van der Waals surface area contributed by atoms with Gasteiger partial charge in [-0.25, -0.2) is 4.98 Å². The summed E-state index contributed by atoms with van der Waals surface area (Å²) in [7, 11) is 1.60. The summed E-state index contributed by atoms with van der Waals surface area (Å²) in [6.07, 6.45) is 0.529. The Morgan fingerprint density at radius 3 is 2.74 bits per heavy atom. The lowest BCUT2D eigenvalue weighted by Crippen LogP contribution is -2.00. The van der Waals surface area contributed by atoms with Crippen LogP contribution in [0.1, 0.15) is 16.1 Å². The van der Waals surface area contributed by atoms with Gasteiger partial charge in [-0.05, 0) is 24.3 Å². The number of aldehydes is 1. The third kappa shape index (κ3) is 4.32. The Bertz CT molecular complexity index is 1010. The maximum Gasteiger partial charge on any atom is 0.270 e. The zero-order chi connectivity index (χ0) is 19.4. The quantitative estimate of drug-likeness (QED) is 0.290. The average Bonchev–Trinajstić information content (AvgIpc) is 3.15. The van der Waals surface area contributed by atoms with Gasteiger partial charge in [0.25, 0.3) is 5.69 Å². The number of aromatic nitrogens is 1. The number of non-ortho nitro benzene ring substituents is 1. The van der Waals surface area contributed by atoms with Gasteiger partial charge in [-0.3, -0.25) is 14.9 Å². The van der Waals surface area contributed by atoms with Crippen molar-refractivity contribution in [2.75, 3.05) is 7.11 Å². The summed E-state index contributed by atoms with van der Waals surface area (Å²) in [4.78, 5) is 26.0. The predicted molar refractivity (Wildman–Crippen MR) is 105 cm³/mol. The summed E-state index contributed by atoms with van der Waals surface area (Å²) in [5.41, 5.74) is 1.48. The molecule has 0 bridgehead atoms. The number of carbonyl (C=O) groups excluding carboxylic acids is 1. The molecular formula is C18H13BrN2O5S. The van der Waals surface area contributed by atoms with Crippen LogP contribution < -0.4 is 9.47 Å². The molecule has 0 spiro atoms. The molecule has 1 heterocycles. The molecule has 0 radical (unpaired) electrons. The molecule has 0 aliphatic rings. The van der Waals surface area contributed by atoms with Gasteiger partial charge >= 0.3 is 0 Å². The van der Waals surface area contributed by atoms with Gasteiger partial charge in [0.1, 0.15) is 23.1 Å². The lowest BCUT2D eigenvalue weighted by Gasteiger charge is -2.07. The minimum Gasteiger partial charge on any atom is -0.496 e. The fourth-order valence-corrected chi connectivity index (χ4v) is 3.55. The van der Waals surface area contributed by atoms with Crippen LogP contribution in [-0.2, 0) is 6.61 Å². The first-order chi connectivity index (χ1) is 13.0. The van der Waals surface area contributed by atoms with E-state index < -0.39 is 4.92 Å². The van der Waals surface area contributed by atoms with Crippen LogP contribution in [0.4, 0.5) is 5.69 Å². The fourth-order valence-electron chi connectivity index (χ4n) is 2.37. The van der Waals surface area contributed by atoms with Gasteiger partial charge in [-0.1, -0.05) is 15.9 Å². The van der Waals surface area contributed by atoms with E-state index in [2.05, 4.69) is 20.9 Å². The molecule has 0 atom stereocenters. The molecule has 3 rings (SSSR count). The first-order valence-electron chi connectivity index (χ1n) is 7.66. The molecule has 0 aliphatic heterocycles. The molecule has 9 heteroatoms. The van der Waals surface area contributed by atoms with E-state index in [-0.39, 0.29) is 23.6 Å². The van der Waals surface area contributed by atoms with Crippen molar-refractivity contribution in [3.63, 3.8) is 0 Å². The Balaban J connectivity index is 1.79. The Morgan fingerprint density at radius 1 is 1.26 bits per heavy atom. The number of nitro benzene ring substituents is 1. The Morgan fingerprint density at radius 2 is 2.04 bits per heavy atom. The molecule has 0 saturated heterocycles. The van der Waals surface area contributed by atoms with Crippen LogP contribution in [0.5, 0.6) is 11.5 Å². The second-order valence-corrected chi connectivity index (χ2v) is 7.15. The van der Waals surface area contributed by atoms with Crippen LogP contribution in [0.3, 0.4) is 0 Å². The van der Waals surface area contributed by atoms with Crippen molar-refractivity contribution >= 4 is 39.2 Å². The normalized spacial score (nSPS) is 10.4. The third-order valence-corrected chi connectivity index (χ3v) is 5.07. The molecule has 0 amide bonds. The number of methoxy groups -OCH3 is 1. The van der Waals surface area contributed by atoms with E-state index in [1.165, 1.54) is 29.5 Å². The van der Waals surface area contributed by atoms with Crippen LogP contribution in [0.15, 0.2) is 46.3 Å². The number of hydrogen-bond acceptors (Lipinski definition) is 7. The monoisotopic (exact) mass is 448 g/mol. The minimum atomic E-state index is -0.561. The predicted octanol–water partition coefficient (Wildman–Crippen LogP) is 4.88. The summed E-state index contributed by atoms with van der Waals surface area (Å²) < 4.78 is 11.9. The highest BCUT2D eigenvalue weighted by molar-refractivity contribution is 9.10. The number of nitro groups is 1. The standard InChI is InChI=1S/C18H13BrN2O5S/c1-25-17-4-2-12(19)7-15(17)18-20-13(10-27-18)9-26-16-5-3-14(21(23)24)6-11(16)8-22/h2-8,10H,9H2,1H3. The topological polar surface area (TPSA) is 91.6 Å². The van der Waals surface area contributed by atoms with E-state index in [9.17, 15) is 14.9 Å². The Hall–Kier alpha value is -2.78. The zero-order valence-electron chi connectivity index (χ0n) is 14.0. The molecule has 138 valence electrons. The molecule has 7 nitrogen and oxygen atoms in total. The van der Waals surface area contributed by atoms with Crippen LogP contribution in [-0.4, -0.2) is 23.3 Å². The SMILES string of the molecule is COc1ccc(Br)cc1-c1nc(COc2ccc([N+](=O)[O-])cc2C=O)cs1. The average molecular weight is 449 g/mol. The molecule has 27 heavy (non-hydrogen) atoms. The van der Waals surface area contributed by atoms with Crippen molar-refractivity contribution in [3.05, 3.63) is 67.6 Å². The van der Waals surface area contributed by atoms with Gasteiger partial charge in [-0.15, -0.1) is 11.3 Å². The van der Waals surface area contributed by atoms with Crippen LogP contribution in [0.2, 0.25) is 0 Å². The van der Waals surface area contributed by atoms with E-state index in [0.29, 0.717) is 17.7 Å². The van der Waals surface area contributed by atoms with Crippen molar-refractivity contribution in [2.45, 2.75) is 6.61 Å².